The standard InChI is InChI=1S/C26H23N/c1-16-9-10-18(13-17(16)2)24-12-11-19-14-21-20-7-5-6-8-22(20)26(3,4)23(21)15-25(19)27-24/h5-15H,1-4H3. The van der Waals surface area contributed by atoms with Crippen molar-refractivity contribution in [3.05, 3.63) is 89.0 Å². The SMILES string of the molecule is Cc1ccc(-c2ccc3cc4c(cc3n2)C(C)(C)c2ccccc2-4)cc1C. The van der Waals surface area contributed by atoms with Crippen LogP contribution < -0.4 is 0 Å². The third-order valence-electron chi connectivity index (χ3n) is 6.20. The van der Waals surface area contributed by atoms with E-state index in [9.17, 15) is 0 Å². The highest BCUT2D eigenvalue weighted by Crippen LogP contribution is 2.49. The Morgan fingerprint density at radius 3 is 2.33 bits per heavy atom. The van der Waals surface area contributed by atoms with Gasteiger partial charge in [0, 0.05) is 16.4 Å². The van der Waals surface area contributed by atoms with Gasteiger partial charge in [0.15, 0.2) is 0 Å². The number of fused-ring (bicyclic) bond motifs is 4. The Kier molecular flexibility index (Phi) is 3.33. The fraction of sp³-hybridized carbons (Fsp3) is 0.192. The molecule has 3 aromatic carbocycles. The van der Waals surface area contributed by atoms with E-state index >= 15 is 0 Å². The fourth-order valence-corrected chi connectivity index (χ4v) is 4.38. The van der Waals surface area contributed by atoms with Crippen molar-refractivity contribution in [2.75, 3.05) is 0 Å². The maximum Gasteiger partial charge on any atom is 0.0713 e. The number of aromatic nitrogens is 1. The molecular weight excluding hydrogens is 326 g/mol. The van der Waals surface area contributed by atoms with Crippen molar-refractivity contribution in [2.24, 2.45) is 0 Å². The number of benzene rings is 3. The van der Waals surface area contributed by atoms with Gasteiger partial charge in [-0.05, 0) is 71.5 Å². The average molecular weight is 349 g/mol. The van der Waals surface area contributed by atoms with Crippen LogP contribution in [0.2, 0.25) is 0 Å². The summed E-state index contributed by atoms with van der Waals surface area (Å²) < 4.78 is 0. The fourth-order valence-electron chi connectivity index (χ4n) is 4.38. The van der Waals surface area contributed by atoms with Crippen molar-refractivity contribution in [3.63, 3.8) is 0 Å². The van der Waals surface area contributed by atoms with E-state index in [2.05, 4.69) is 94.4 Å². The minimum atomic E-state index is 0.0122. The Bertz CT molecular complexity index is 1210. The van der Waals surface area contributed by atoms with E-state index in [4.69, 9.17) is 4.98 Å². The van der Waals surface area contributed by atoms with Gasteiger partial charge in [-0.25, -0.2) is 4.98 Å². The number of pyridine rings is 1. The van der Waals surface area contributed by atoms with Crippen LogP contribution in [0, 0.1) is 13.8 Å². The predicted molar refractivity (Wildman–Crippen MR) is 114 cm³/mol. The minimum absolute atomic E-state index is 0.0122. The third-order valence-corrected chi connectivity index (χ3v) is 6.20. The lowest BCUT2D eigenvalue weighted by atomic mass is 9.82. The molecular formula is C26H23N. The summed E-state index contributed by atoms with van der Waals surface area (Å²) >= 11 is 0. The zero-order valence-corrected chi connectivity index (χ0v) is 16.3. The molecule has 5 rings (SSSR count). The first-order valence-corrected chi connectivity index (χ1v) is 9.58. The van der Waals surface area contributed by atoms with E-state index in [1.165, 1.54) is 44.3 Å². The maximum absolute atomic E-state index is 5.02. The van der Waals surface area contributed by atoms with Gasteiger partial charge in [-0.2, -0.15) is 0 Å². The van der Waals surface area contributed by atoms with Crippen molar-refractivity contribution in [1.82, 2.24) is 4.98 Å². The van der Waals surface area contributed by atoms with Crippen molar-refractivity contribution < 1.29 is 0 Å². The van der Waals surface area contributed by atoms with Gasteiger partial charge in [0.2, 0.25) is 0 Å². The Labute approximate surface area is 160 Å². The highest BCUT2D eigenvalue weighted by molar-refractivity contribution is 5.92. The molecule has 4 aromatic rings. The lowest BCUT2D eigenvalue weighted by Crippen LogP contribution is -2.14. The molecule has 0 radical (unpaired) electrons. The molecule has 0 fully saturated rings. The predicted octanol–water partition coefficient (Wildman–Crippen LogP) is 6.82. The highest BCUT2D eigenvalue weighted by atomic mass is 14.7. The van der Waals surface area contributed by atoms with Crippen LogP contribution in [-0.2, 0) is 5.41 Å². The normalized spacial score (nSPS) is 14.2. The molecule has 1 heteroatoms. The number of rotatable bonds is 1. The molecule has 0 saturated carbocycles. The van der Waals surface area contributed by atoms with Gasteiger partial charge in [0.25, 0.3) is 0 Å². The second-order valence-electron chi connectivity index (χ2n) is 8.26. The van der Waals surface area contributed by atoms with Gasteiger partial charge in [-0.15, -0.1) is 0 Å². The van der Waals surface area contributed by atoms with E-state index in [-0.39, 0.29) is 5.41 Å². The van der Waals surface area contributed by atoms with Gasteiger partial charge in [-0.1, -0.05) is 56.3 Å². The number of hydrogen-bond acceptors (Lipinski definition) is 1. The first-order valence-electron chi connectivity index (χ1n) is 9.58. The molecule has 132 valence electrons. The Morgan fingerprint density at radius 2 is 1.52 bits per heavy atom. The first-order chi connectivity index (χ1) is 12.9. The molecule has 0 N–H and O–H groups in total. The molecule has 0 aliphatic heterocycles. The van der Waals surface area contributed by atoms with Gasteiger partial charge < -0.3 is 0 Å². The van der Waals surface area contributed by atoms with Crippen LogP contribution >= 0.6 is 0 Å². The van der Waals surface area contributed by atoms with Crippen LogP contribution in [0.1, 0.15) is 36.1 Å². The van der Waals surface area contributed by atoms with Crippen LogP contribution in [0.4, 0.5) is 0 Å². The molecule has 0 saturated heterocycles. The van der Waals surface area contributed by atoms with E-state index in [1.54, 1.807) is 0 Å². The molecule has 1 aliphatic rings. The molecule has 1 aliphatic carbocycles. The van der Waals surface area contributed by atoms with Gasteiger partial charge >= 0.3 is 0 Å². The topological polar surface area (TPSA) is 12.9 Å². The largest absolute Gasteiger partial charge is 0.248 e. The molecule has 1 heterocycles. The summed E-state index contributed by atoms with van der Waals surface area (Å²) in [4.78, 5) is 5.02. The van der Waals surface area contributed by atoms with Crippen LogP contribution in [-0.4, -0.2) is 4.98 Å². The summed E-state index contributed by atoms with van der Waals surface area (Å²) in [5.41, 5.74) is 11.4. The van der Waals surface area contributed by atoms with Crippen molar-refractivity contribution in [2.45, 2.75) is 33.1 Å². The second-order valence-corrected chi connectivity index (χ2v) is 8.26. The van der Waals surface area contributed by atoms with Gasteiger partial charge in [0.05, 0.1) is 11.2 Å². The monoisotopic (exact) mass is 349 g/mol. The molecule has 0 atom stereocenters. The highest BCUT2D eigenvalue weighted by Gasteiger charge is 2.35. The maximum atomic E-state index is 5.02. The van der Waals surface area contributed by atoms with E-state index in [0.29, 0.717) is 0 Å². The Hall–Kier alpha value is -2.93. The summed E-state index contributed by atoms with van der Waals surface area (Å²) in [6.07, 6.45) is 0. The lowest BCUT2D eigenvalue weighted by Gasteiger charge is -2.21. The minimum Gasteiger partial charge on any atom is -0.248 e. The third kappa shape index (κ3) is 2.35. The smallest absolute Gasteiger partial charge is 0.0713 e. The molecule has 1 nitrogen and oxygen atoms in total. The average Bonchev–Trinajstić information content (AvgIpc) is 2.89. The summed E-state index contributed by atoms with van der Waals surface area (Å²) in [6, 6.07) is 24.3. The Morgan fingerprint density at radius 1 is 0.704 bits per heavy atom. The van der Waals surface area contributed by atoms with Crippen molar-refractivity contribution >= 4 is 10.9 Å². The summed E-state index contributed by atoms with van der Waals surface area (Å²) in [5, 5.41) is 1.20. The zero-order valence-electron chi connectivity index (χ0n) is 16.3. The van der Waals surface area contributed by atoms with Crippen LogP contribution in [0.3, 0.4) is 0 Å². The summed E-state index contributed by atoms with van der Waals surface area (Å²) in [6.45, 7) is 8.94. The van der Waals surface area contributed by atoms with E-state index < -0.39 is 0 Å². The number of nitrogens with zero attached hydrogens (tertiary/aromatic N) is 1. The molecule has 0 spiro atoms. The van der Waals surface area contributed by atoms with Crippen LogP contribution in [0.15, 0.2) is 66.7 Å². The van der Waals surface area contributed by atoms with E-state index in [1.807, 2.05) is 0 Å². The zero-order chi connectivity index (χ0) is 18.8. The van der Waals surface area contributed by atoms with Crippen molar-refractivity contribution in [3.8, 4) is 22.4 Å². The molecule has 0 bridgehead atoms. The van der Waals surface area contributed by atoms with E-state index in [0.717, 1.165) is 11.2 Å². The summed E-state index contributed by atoms with van der Waals surface area (Å²) in [5.74, 6) is 0. The molecule has 0 amide bonds. The molecule has 1 aromatic heterocycles. The van der Waals surface area contributed by atoms with Crippen molar-refractivity contribution in [1.29, 1.82) is 0 Å². The molecule has 0 unspecified atom stereocenters. The second kappa shape index (κ2) is 5.53. The first kappa shape index (κ1) is 16.3. The van der Waals surface area contributed by atoms with Crippen LogP contribution in [0.5, 0.6) is 0 Å². The van der Waals surface area contributed by atoms with Crippen LogP contribution in [0.25, 0.3) is 33.3 Å². The van der Waals surface area contributed by atoms with Gasteiger partial charge in [-0.3, -0.25) is 0 Å². The summed E-state index contributed by atoms with van der Waals surface area (Å²) in [7, 11) is 0. The number of hydrogen-bond donors (Lipinski definition) is 0. The van der Waals surface area contributed by atoms with Gasteiger partial charge in [0.1, 0.15) is 0 Å². The lowest BCUT2D eigenvalue weighted by molar-refractivity contribution is 0.661. The Balaban J connectivity index is 1.71. The number of aryl methyl sites for hydroxylation is 2. The quantitative estimate of drug-likeness (QED) is 0.367. The molecule has 27 heavy (non-hydrogen) atoms.